The van der Waals surface area contributed by atoms with Crippen LogP contribution in [0.4, 0.5) is 0 Å². The summed E-state index contributed by atoms with van der Waals surface area (Å²) in [5.41, 5.74) is 3.77. The van der Waals surface area contributed by atoms with Gasteiger partial charge in [-0.05, 0) is 58.9 Å². The molecule has 0 aromatic heterocycles. The van der Waals surface area contributed by atoms with Gasteiger partial charge in [-0.25, -0.2) is 0 Å². The van der Waals surface area contributed by atoms with Crippen molar-refractivity contribution in [2.75, 3.05) is 6.54 Å². The summed E-state index contributed by atoms with van der Waals surface area (Å²) in [5, 5.41) is 3.79. The fraction of sp³-hybridized carbons (Fsp3) is 0.333. The Bertz CT molecular complexity index is 907. The molecule has 1 N–H and O–H groups in total. The van der Waals surface area contributed by atoms with Gasteiger partial charge in [0.2, 0.25) is 0 Å². The molecule has 1 aliphatic rings. The van der Waals surface area contributed by atoms with E-state index >= 15 is 0 Å². The van der Waals surface area contributed by atoms with Crippen LogP contribution in [-0.2, 0) is 6.61 Å². The molecule has 2 nitrogen and oxygen atoms in total. The van der Waals surface area contributed by atoms with Crippen LogP contribution in [0.5, 0.6) is 5.75 Å². The molecule has 1 fully saturated rings. The molecular weight excluding hydrogens is 434 g/mol. The van der Waals surface area contributed by atoms with Crippen LogP contribution in [0.3, 0.4) is 0 Å². The first-order valence-corrected chi connectivity index (χ1v) is 11.8. The molecule has 30 heavy (non-hydrogen) atoms. The molecule has 0 amide bonds. The van der Waals surface area contributed by atoms with E-state index in [9.17, 15) is 0 Å². The van der Waals surface area contributed by atoms with Gasteiger partial charge in [-0.1, -0.05) is 85.6 Å². The van der Waals surface area contributed by atoms with E-state index in [-0.39, 0.29) is 0 Å². The Kier molecular flexibility index (Phi) is 7.60. The summed E-state index contributed by atoms with van der Waals surface area (Å²) in [5.74, 6) is 1.25. The van der Waals surface area contributed by atoms with Crippen LogP contribution in [-0.4, -0.2) is 12.6 Å². The molecule has 1 unspecified atom stereocenters. The Morgan fingerprint density at radius 3 is 2.30 bits per heavy atom. The standard InChI is InChI=1S/C27H30BrNO/c28-26-17-9-16-25(27(26)30-20-21-10-3-1-4-11-21)24(22-12-5-2-6-13-22)18-19-29-23-14-7-8-15-23/h1-6,9-13,16-17,23-24,29H,7-8,14-15,18-20H2. The number of para-hydroxylation sites is 1. The number of nitrogens with one attached hydrogen (secondary N) is 1. The Hall–Kier alpha value is -2.10. The molecule has 0 heterocycles. The Morgan fingerprint density at radius 2 is 1.57 bits per heavy atom. The van der Waals surface area contributed by atoms with Crippen LogP contribution in [0.25, 0.3) is 0 Å². The third kappa shape index (κ3) is 5.53. The van der Waals surface area contributed by atoms with Crippen molar-refractivity contribution in [3.8, 4) is 5.75 Å². The SMILES string of the molecule is Brc1cccc(C(CCNC2CCCC2)c2ccccc2)c1OCc1ccccc1. The fourth-order valence-corrected chi connectivity index (χ4v) is 4.93. The van der Waals surface area contributed by atoms with Crippen molar-refractivity contribution in [2.45, 2.75) is 50.7 Å². The van der Waals surface area contributed by atoms with Gasteiger partial charge in [0.05, 0.1) is 4.47 Å². The molecule has 0 radical (unpaired) electrons. The molecule has 0 spiro atoms. The van der Waals surface area contributed by atoms with E-state index in [1.807, 2.05) is 6.07 Å². The van der Waals surface area contributed by atoms with E-state index < -0.39 is 0 Å². The van der Waals surface area contributed by atoms with Crippen molar-refractivity contribution in [1.82, 2.24) is 5.32 Å². The van der Waals surface area contributed by atoms with Crippen LogP contribution >= 0.6 is 15.9 Å². The van der Waals surface area contributed by atoms with Gasteiger partial charge in [-0.3, -0.25) is 0 Å². The van der Waals surface area contributed by atoms with Gasteiger partial charge in [-0.2, -0.15) is 0 Å². The maximum absolute atomic E-state index is 6.37. The highest BCUT2D eigenvalue weighted by Gasteiger charge is 2.21. The summed E-state index contributed by atoms with van der Waals surface area (Å²) < 4.78 is 7.38. The van der Waals surface area contributed by atoms with E-state index in [1.54, 1.807) is 0 Å². The van der Waals surface area contributed by atoms with Crippen LogP contribution < -0.4 is 10.1 Å². The van der Waals surface area contributed by atoms with Gasteiger partial charge in [0.25, 0.3) is 0 Å². The lowest BCUT2D eigenvalue weighted by atomic mass is 9.88. The zero-order valence-electron chi connectivity index (χ0n) is 17.4. The monoisotopic (exact) mass is 463 g/mol. The van der Waals surface area contributed by atoms with Gasteiger partial charge < -0.3 is 10.1 Å². The fourth-order valence-electron chi connectivity index (χ4n) is 4.43. The number of hydrogen-bond donors (Lipinski definition) is 1. The predicted octanol–water partition coefficient (Wildman–Crippen LogP) is 7.08. The maximum atomic E-state index is 6.37. The molecule has 0 saturated heterocycles. The van der Waals surface area contributed by atoms with Gasteiger partial charge >= 0.3 is 0 Å². The van der Waals surface area contributed by atoms with E-state index in [4.69, 9.17) is 4.74 Å². The molecule has 1 saturated carbocycles. The first kappa shape index (κ1) is 21.1. The summed E-state index contributed by atoms with van der Waals surface area (Å²) in [7, 11) is 0. The summed E-state index contributed by atoms with van der Waals surface area (Å²) in [6.45, 7) is 1.59. The third-order valence-corrected chi connectivity index (χ3v) is 6.65. The largest absolute Gasteiger partial charge is 0.487 e. The number of ether oxygens (including phenoxy) is 1. The van der Waals surface area contributed by atoms with Gasteiger partial charge in [0, 0.05) is 17.5 Å². The molecule has 1 aliphatic carbocycles. The highest BCUT2D eigenvalue weighted by molar-refractivity contribution is 9.10. The summed E-state index contributed by atoms with van der Waals surface area (Å²) in [6.07, 6.45) is 6.42. The Labute approximate surface area is 188 Å². The van der Waals surface area contributed by atoms with E-state index in [2.05, 4.69) is 94.0 Å². The number of rotatable bonds is 9. The van der Waals surface area contributed by atoms with E-state index in [0.29, 0.717) is 18.6 Å². The zero-order valence-corrected chi connectivity index (χ0v) is 19.0. The Morgan fingerprint density at radius 1 is 0.867 bits per heavy atom. The topological polar surface area (TPSA) is 21.3 Å². The molecule has 1 atom stereocenters. The lowest BCUT2D eigenvalue weighted by Gasteiger charge is -2.23. The minimum atomic E-state index is 0.295. The normalized spacial score (nSPS) is 15.2. The van der Waals surface area contributed by atoms with E-state index in [0.717, 1.165) is 23.2 Å². The van der Waals surface area contributed by atoms with Crippen molar-refractivity contribution in [1.29, 1.82) is 0 Å². The lowest BCUT2D eigenvalue weighted by molar-refractivity contribution is 0.299. The van der Waals surface area contributed by atoms with Crippen LogP contribution in [0.2, 0.25) is 0 Å². The molecular formula is C27H30BrNO. The van der Waals surface area contributed by atoms with E-state index in [1.165, 1.54) is 42.4 Å². The molecule has 3 aromatic rings. The summed E-state index contributed by atoms with van der Waals surface area (Å²) in [4.78, 5) is 0. The highest BCUT2D eigenvalue weighted by atomic mass is 79.9. The number of halogens is 1. The second-order valence-corrected chi connectivity index (χ2v) is 8.97. The molecule has 0 bridgehead atoms. The zero-order chi connectivity index (χ0) is 20.6. The number of hydrogen-bond acceptors (Lipinski definition) is 2. The maximum Gasteiger partial charge on any atom is 0.137 e. The molecule has 4 rings (SSSR count). The average molecular weight is 464 g/mol. The van der Waals surface area contributed by atoms with Crippen molar-refractivity contribution in [3.63, 3.8) is 0 Å². The average Bonchev–Trinajstić information content (AvgIpc) is 3.31. The van der Waals surface area contributed by atoms with Crippen LogP contribution in [0.1, 0.15) is 54.7 Å². The summed E-state index contributed by atoms with van der Waals surface area (Å²) >= 11 is 3.74. The van der Waals surface area contributed by atoms with Crippen molar-refractivity contribution in [3.05, 3.63) is 100 Å². The quantitative estimate of drug-likeness (QED) is 0.365. The first-order valence-electron chi connectivity index (χ1n) is 11.0. The Balaban J connectivity index is 1.56. The molecule has 156 valence electrons. The third-order valence-electron chi connectivity index (χ3n) is 6.02. The number of benzene rings is 3. The lowest BCUT2D eigenvalue weighted by Crippen LogP contribution is -2.28. The van der Waals surface area contributed by atoms with Gasteiger partial charge in [0.1, 0.15) is 12.4 Å². The molecule has 0 aliphatic heterocycles. The first-order chi connectivity index (χ1) is 14.8. The van der Waals surface area contributed by atoms with Gasteiger partial charge in [-0.15, -0.1) is 0 Å². The van der Waals surface area contributed by atoms with Crippen LogP contribution in [0.15, 0.2) is 83.3 Å². The predicted molar refractivity (Wildman–Crippen MR) is 128 cm³/mol. The van der Waals surface area contributed by atoms with Crippen molar-refractivity contribution in [2.24, 2.45) is 0 Å². The minimum absolute atomic E-state index is 0.295. The summed E-state index contributed by atoms with van der Waals surface area (Å²) in [6, 6.07) is 28.3. The van der Waals surface area contributed by atoms with Crippen molar-refractivity contribution < 1.29 is 4.74 Å². The van der Waals surface area contributed by atoms with Gasteiger partial charge in [0.15, 0.2) is 0 Å². The second-order valence-electron chi connectivity index (χ2n) is 8.12. The highest BCUT2D eigenvalue weighted by Crippen LogP contribution is 2.39. The minimum Gasteiger partial charge on any atom is -0.487 e. The molecule has 3 heteroatoms. The smallest absolute Gasteiger partial charge is 0.137 e. The second kappa shape index (κ2) is 10.8. The van der Waals surface area contributed by atoms with Crippen molar-refractivity contribution >= 4 is 15.9 Å². The van der Waals surface area contributed by atoms with Crippen LogP contribution in [0, 0.1) is 0 Å². The molecule has 3 aromatic carbocycles.